The molecule has 2 N–H and O–H groups in total. The van der Waals surface area contributed by atoms with Crippen molar-refractivity contribution in [2.45, 2.75) is 13.0 Å². The highest BCUT2D eigenvalue weighted by atomic mass is 35.5. The van der Waals surface area contributed by atoms with Crippen LogP contribution in [0.4, 0.5) is 0 Å². The van der Waals surface area contributed by atoms with Gasteiger partial charge in [-0.2, -0.15) is 5.26 Å². The minimum atomic E-state index is -0.409. The van der Waals surface area contributed by atoms with Gasteiger partial charge in [0.15, 0.2) is 0 Å². The third-order valence-electron chi connectivity index (χ3n) is 2.18. The molecule has 0 radical (unpaired) electrons. The van der Waals surface area contributed by atoms with E-state index in [0.29, 0.717) is 21.7 Å². The van der Waals surface area contributed by atoms with Gasteiger partial charge in [0.25, 0.3) is 0 Å². The summed E-state index contributed by atoms with van der Waals surface area (Å²) in [6, 6.07) is 5.19. The topological polar surface area (TPSA) is 76.1 Å². The number of nitrogens with zero attached hydrogens (tertiary/aromatic N) is 1. The molecule has 84 valence electrons. The van der Waals surface area contributed by atoms with Crippen LogP contribution in [0.5, 0.6) is 0 Å². The number of ether oxygens (including phenoxy) is 1. The van der Waals surface area contributed by atoms with Crippen molar-refractivity contribution in [1.82, 2.24) is 0 Å². The maximum atomic E-state index is 11.1. The lowest BCUT2D eigenvalue weighted by Crippen LogP contribution is -2.07. The first-order valence-corrected chi connectivity index (χ1v) is 4.98. The molecule has 0 aliphatic heterocycles. The van der Waals surface area contributed by atoms with E-state index in [0.717, 1.165) is 0 Å². The summed E-state index contributed by atoms with van der Waals surface area (Å²) >= 11 is 5.94. The summed E-state index contributed by atoms with van der Waals surface area (Å²) in [4.78, 5) is 11.1. The molecule has 0 spiro atoms. The van der Waals surface area contributed by atoms with Gasteiger partial charge in [-0.15, -0.1) is 0 Å². The quantitative estimate of drug-likeness (QED) is 0.808. The summed E-state index contributed by atoms with van der Waals surface area (Å²) in [5, 5.41) is 9.39. The molecule has 0 aliphatic carbocycles. The minimum absolute atomic E-state index is 0.0317. The third-order valence-corrected chi connectivity index (χ3v) is 2.53. The summed E-state index contributed by atoms with van der Waals surface area (Å²) in [6.45, 7) is 0.256. The lowest BCUT2D eigenvalue weighted by atomic mass is 10.0. The van der Waals surface area contributed by atoms with Crippen LogP contribution in [0.3, 0.4) is 0 Å². The van der Waals surface area contributed by atoms with Gasteiger partial charge in [0, 0.05) is 11.6 Å². The summed E-state index contributed by atoms with van der Waals surface area (Å²) < 4.78 is 4.53. The second kappa shape index (κ2) is 5.50. The maximum Gasteiger partial charge on any atom is 0.310 e. The predicted octanol–water partition coefficient (Wildman–Crippen LogP) is 1.39. The van der Waals surface area contributed by atoms with Crippen LogP contribution in [0.1, 0.15) is 16.7 Å². The number of nitrogens with two attached hydrogens (primary N) is 1. The predicted molar refractivity (Wildman–Crippen MR) is 59.8 cm³/mol. The Labute approximate surface area is 98.6 Å². The first-order chi connectivity index (χ1) is 7.62. The van der Waals surface area contributed by atoms with E-state index >= 15 is 0 Å². The van der Waals surface area contributed by atoms with Crippen LogP contribution in [0, 0.1) is 11.3 Å². The Kier molecular flexibility index (Phi) is 4.29. The molecule has 0 bridgehead atoms. The Bertz CT molecular complexity index is 452. The average molecular weight is 239 g/mol. The number of carbonyl (C=O) groups excluding carboxylic acids is 1. The number of benzene rings is 1. The van der Waals surface area contributed by atoms with Crippen molar-refractivity contribution in [2.75, 3.05) is 7.11 Å². The van der Waals surface area contributed by atoms with E-state index in [2.05, 4.69) is 4.74 Å². The largest absolute Gasteiger partial charge is 0.469 e. The highest BCUT2D eigenvalue weighted by Crippen LogP contribution is 2.21. The van der Waals surface area contributed by atoms with E-state index in [4.69, 9.17) is 22.6 Å². The molecule has 1 rings (SSSR count). The van der Waals surface area contributed by atoms with Crippen molar-refractivity contribution in [3.05, 3.63) is 33.8 Å². The summed E-state index contributed by atoms with van der Waals surface area (Å²) in [6.07, 6.45) is 0.0317. The Hall–Kier alpha value is -1.57. The van der Waals surface area contributed by atoms with Crippen molar-refractivity contribution in [3.63, 3.8) is 0 Å². The van der Waals surface area contributed by atoms with Gasteiger partial charge in [0.1, 0.15) is 0 Å². The van der Waals surface area contributed by atoms with Gasteiger partial charge in [-0.3, -0.25) is 4.79 Å². The smallest absolute Gasteiger partial charge is 0.310 e. The van der Waals surface area contributed by atoms with Crippen molar-refractivity contribution >= 4 is 17.6 Å². The van der Waals surface area contributed by atoms with Crippen molar-refractivity contribution in [3.8, 4) is 6.07 Å². The highest BCUT2D eigenvalue weighted by Gasteiger charge is 2.11. The van der Waals surface area contributed by atoms with Gasteiger partial charge in [-0.1, -0.05) is 11.6 Å². The molecular weight excluding hydrogens is 228 g/mol. The summed E-state index contributed by atoms with van der Waals surface area (Å²) in [7, 11) is 1.30. The van der Waals surface area contributed by atoms with E-state index in [9.17, 15) is 4.79 Å². The van der Waals surface area contributed by atoms with Crippen LogP contribution in [0.25, 0.3) is 0 Å². The summed E-state index contributed by atoms with van der Waals surface area (Å²) in [5.41, 5.74) is 7.10. The zero-order chi connectivity index (χ0) is 12.1. The molecule has 0 atom stereocenters. The zero-order valence-corrected chi connectivity index (χ0v) is 9.54. The third kappa shape index (κ3) is 2.72. The highest BCUT2D eigenvalue weighted by molar-refractivity contribution is 6.31. The van der Waals surface area contributed by atoms with E-state index in [1.165, 1.54) is 7.11 Å². The molecule has 0 amide bonds. The standard InChI is InChI=1S/C11H11ClN2O2/c1-16-11(15)4-7-3-10(12)9(6-14)2-8(7)5-13/h2-3H,4,6,14H2,1H3. The Morgan fingerprint density at radius 1 is 1.56 bits per heavy atom. The van der Waals surface area contributed by atoms with Crippen LogP contribution in [-0.4, -0.2) is 13.1 Å². The number of esters is 1. The molecule has 0 saturated heterocycles. The van der Waals surface area contributed by atoms with Gasteiger partial charge >= 0.3 is 5.97 Å². The van der Waals surface area contributed by atoms with Crippen LogP contribution >= 0.6 is 11.6 Å². The second-order valence-electron chi connectivity index (χ2n) is 3.17. The molecule has 1 aromatic carbocycles. The van der Waals surface area contributed by atoms with Gasteiger partial charge in [0.05, 0.1) is 25.2 Å². The van der Waals surface area contributed by atoms with Gasteiger partial charge in [-0.25, -0.2) is 0 Å². The van der Waals surface area contributed by atoms with E-state index in [1.54, 1.807) is 12.1 Å². The fourth-order valence-electron chi connectivity index (χ4n) is 1.29. The molecule has 0 saturated carbocycles. The number of hydrogen-bond acceptors (Lipinski definition) is 4. The van der Waals surface area contributed by atoms with E-state index in [1.807, 2.05) is 6.07 Å². The maximum absolute atomic E-state index is 11.1. The molecule has 0 aliphatic rings. The van der Waals surface area contributed by atoms with Gasteiger partial charge < -0.3 is 10.5 Å². The average Bonchev–Trinajstić information content (AvgIpc) is 2.29. The fourth-order valence-corrected chi connectivity index (χ4v) is 1.56. The SMILES string of the molecule is COC(=O)Cc1cc(Cl)c(CN)cc1C#N. The Balaban J connectivity index is 3.14. The van der Waals surface area contributed by atoms with Crippen molar-refractivity contribution in [2.24, 2.45) is 5.73 Å². The first kappa shape index (κ1) is 12.5. The second-order valence-corrected chi connectivity index (χ2v) is 3.58. The number of methoxy groups -OCH3 is 1. The van der Waals surface area contributed by atoms with Crippen LogP contribution in [0.15, 0.2) is 12.1 Å². The van der Waals surface area contributed by atoms with Gasteiger partial charge in [-0.05, 0) is 23.3 Å². The molecule has 16 heavy (non-hydrogen) atoms. The number of hydrogen-bond donors (Lipinski definition) is 1. The molecule has 0 fully saturated rings. The molecule has 0 heterocycles. The fraction of sp³-hybridized carbons (Fsp3) is 0.273. The number of halogens is 1. The van der Waals surface area contributed by atoms with Crippen molar-refractivity contribution in [1.29, 1.82) is 5.26 Å². The van der Waals surface area contributed by atoms with Gasteiger partial charge in [0.2, 0.25) is 0 Å². The van der Waals surface area contributed by atoms with Crippen LogP contribution in [-0.2, 0) is 22.5 Å². The molecule has 4 nitrogen and oxygen atoms in total. The zero-order valence-electron chi connectivity index (χ0n) is 8.79. The monoisotopic (exact) mass is 238 g/mol. The molecule has 0 unspecified atom stereocenters. The molecule has 5 heteroatoms. The lowest BCUT2D eigenvalue weighted by molar-refractivity contribution is -0.139. The normalized spacial score (nSPS) is 9.62. The molecule has 0 aromatic heterocycles. The van der Waals surface area contributed by atoms with Crippen LogP contribution < -0.4 is 5.73 Å². The van der Waals surface area contributed by atoms with Crippen molar-refractivity contribution < 1.29 is 9.53 Å². The number of nitriles is 1. The Morgan fingerprint density at radius 2 is 2.25 bits per heavy atom. The van der Waals surface area contributed by atoms with Crippen LogP contribution in [0.2, 0.25) is 5.02 Å². The lowest BCUT2D eigenvalue weighted by Gasteiger charge is -2.07. The Morgan fingerprint density at radius 3 is 2.75 bits per heavy atom. The number of carbonyl (C=O) groups is 1. The number of rotatable bonds is 3. The van der Waals surface area contributed by atoms with E-state index in [-0.39, 0.29) is 13.0 Å². The molecular formula is C11H11ClN2O2. The summed E-state index contributed by atoms with van der Waals surface area (Å²) in [5.74, 6) is -0.409. The minimum Gasteiger partial charge on any atom is -0.469 e. The molecule has 1 aromatic rings. The van der Waals surface area contributed by atoms with E-state index < -0.39 is 5.97 Å². The first-order valence-electron chi connectivity index (χ1n) is 4.60.